The minimum absolute atomic E-state index is 0.0178. The Labute approximate surface area is 291 Å². The third-order valence-corrected chi connectivity index (χ3v) is 10.7. The van der Waals surface area contributed by atoms with Gasteiger partial charge in [-0.25, -0.2) is 13.1 Å². The van der Waals surface area contributed by atoms with E-state index in [0.29, 0.717) is 12.2 Å². The van der Waals surface area contributed by atoms with Gasteiger partial charge in [0.05, 0.1) is 23.7 Å². The van der Waals surface area contributed by atoms with Crippen molar-refractivity contribution in [1.82, 2.24) is 4.72 Å². The fraction of sp³-hybridized carbons (Fsp3) is 0.205. The largest absolute Gasteiger partial charge is 0.392 e. The van der Waals surface area contributed by atoms with Crippen molar-refractivity contribution >= 4 is 33.4 Å². The second-order valence-electron chi connectivity index (χ2n) is 11.8. The summed E-state index contributed by atoms with van der Waals surface area (Å²) >= 11 is 1.69. The Kier molecular flexibility index (Phi) is 11.3. The first kappa shape index (κ1) is 34.6. The van der Waals surface area contributed by atoms with E-state index in [1.807, 2.05) is 97.1 Å². The van der Waals surface area contributed by atoms with Gasteiger partial charge in [-0.05, 0) is 70.3 Å². The van der Waals surface area contributed by atoms with Crippen LogP contribution in [0.1, 0.15) is 48.0 Å². The SMILES string of the molecule is CC(=O)Nc1ccc(SC[C@H]2C[C@@H](c3ccc(CO)cc3)O[C@@H](c3ccc(-c4cccc(CNS(=O)(=O)c5ccccc5)c4)cc3)O2)cc1. The second kappa shape index (κ2) is 15.9. The van der Waals surface area contributed by atoms with Gasteiger partial charge in [-0.1, -0.05) is 84.9 Å². The van der Waals surface area contributed by atoms with Gasteiger partial charge >= 0.3 is 0 Å². The number of anilines is 1. The number of sulfonamides is 1. The molecule has 0 bridgehead atoms. The van der Waals surface area contributed by atoms with Gasteiger partial charge in [-0.15, -0.1) is 11.8 Å². The summed E-state index contributed by atoms with van der Waals surface area (Å²) in [6.45, 7) is 1.64. The number of carbonyl (C=O) groups is 1. The van der Waals surface area contributed by atoms with Crippen LogP contribution < -0.4 is 10.0 Å². The van der Waals surface area contributed by atoms with Gasteiger partial charge in [0.15, 0.2) is 6.29 Å². The van der Waals surface area contributed by atoms with Gasteiger partial charge < -0.3 is 19.9 Å². The van der Waals surface area contributed by atoms with Gasteiger partial charge in [0, 0.05) is 41.8 Å². The van der Waals surface area contributed by atoms with Gasteiger partial charge in [-0.3, -0.25) is 4.79 Å². The lowest BCUT2D eigenvalue weighted by molar-refractivity contribution is -0.245. The van der Waals surface area contributed by atoms with Crippen molar-refractivity contribution in [2.45, 2.75) is 54.8 Å². The molecule has 3 N–H and O–H groups in total. The molecule has 252 valence electrons. The molecule has 1 aliphatic heterocycles. The molecule has 49 heavy (non-hydrogen) atoms. The molecular weight excluding hydrogens is 657 g/mol. The maximum absolute atomic E-state index is 12.7. The monoisotopic (exact) mass is 694 g/mol. The molecule has 8 nitrogen and oxygen atoms in total. The van der Waals surface area contributed by atoms with Gasteiger partial charge in [0.25, 0.3) is 0 Å². The van der Waals surface area contributed by atoms with Gasteiger partial charge in [0.1, 0.15) is 0 Å². The van der Waals surface area contributed by atoms with Crippen LogP contribution in [-0.4, -0.2) is 31.3 Å². The number of benzene rings is 5. The molecule has 10 heteroatoms. The summed E-state index contributed by atoms with van der Waals surface area (Å²) in [4.78, 5) is 12.7. The summed E-state index contributed by atoms with van der Waals surface area (Å²) in [5.41, 5.74) is 6.31. The Morgan fingerprint density at radius 2 is 1.51 bits per heavy atom. The molecule has 3 atom stereocenters. The number of aliphatic hydroxyl groups excluding tert-OH is 1. The third kappa shape index (κ3) is 9.24. The van der Waals surface area contributed by atoms with Crippen LogP contribution in [0.25, 0.3) is 11.1 Å². The highest BCUT2D eigenvalue weighted by molar-refractivity contribution is 7.99. The summed E-state index contributed by atoms with van der Waals surface area (Å²) in [7, 11) is -3.62. The van der Waals surface area contributed by atoms with E-state index >= 15 is 0 Å². The molecule has 0 unspecified atom stereocenters. The molecule has 1 saturated heterocycles. The zero-order chi connectivity index (χ0) is 34.2. The first-order valence-corrected chi connectivity index (χ1v) is 18.5. The van der Waals surface area contributed by atoms with Crippen LogP contribution in [0.4, 0.5) is 5.69 Å². The fourth-order valence-electron chi connectivity index (χ4n) is 5.60. The lowest BCUT2D eigenvalue weighted by Crippen LogP contribution is -2.31. The normalized spacial score (nSPS) is 17.8. The summed E-state index contributed by atoms with van der Waals surface area (Å²) in [5.74, 6) is 0.606. The Balaban J connectivity index is 1.15. The molecule has 6 rings (SSSR count). The number of nitrogens with one attached hydrogen (secondary N) is 2. The predicted molar refractivity (Wildman–Crippen MR) is 192 cm³/mol. The molecule has 1 amide bonds. The number of amides is 1. The highest BCUT2D eigenvalue weighted by Gasteiger charge is 2.32. The van der Waals surface area contributed by atoms with E-state index in [4.69, 9.17) is 9.47 Å². The Morgan fingerprint density at radius 3 is 2.20 bits per heavy atom. The molecule has 0 radical (unpaired) electrons. The van der Waals surface area contributed by atoms with Gasteiger partial charge in [0.2, 0.25) is 15.9 Å². The van der Waals surface area contributed by atoms with Crippen LogP contribution in [0, 0.1) is 0 Å². The fourth-order valence-corrected chi connectivity index (χ4v) is 7.56. The van der Waals surface area contributed by atoms with Crippen LogP contribution in [-0.2, 0) is 37.4 Å². The number of thioether (sulfide) groups is 1. The number of hydrogen-bond acceptors (Lipinski definition) is 7. The molecule has 5 aromatic carbocycles. The van der Waals surface area contributed by atoms with Crippen LogP contribution in [0.5, 0.6) is 0 Å². The second-order valence-corrected chi connectivity index (χ2v) is 14.7. The molecule has 0 aromatic heterocycles. The zero-order valence-corrected chi connectivity index (χ0v) is 28.6. The standard InChI is InChI=1S/C39H38N2O6S2/c1-27(43)41-34-18-20-36(21-19-34)48-26-35-23-38(31-12-10-28(25-42)11-13-31)47-39(46-35)32-16-14-30(15-17-32)33-7-5-6-29(22-33)24-40-49(44,45)37-8-3-2-4-9-37/h2-22,35,38-40,42H,23-26H2,1H3,(H,41,43)/t35-,38+,39+/m1/s1. The van der Waals surface area contributed by atoms with E-state index in [0.717, 1.165) is 44.0 Å². The summed E-state index contributed by atoms with van der Waals surface area (Å²) in [6.07, 6.45) is -0.213. The first-order valence-electron chi connectivity index (χ1n) is 16.0. The summed E-state index contributed by atoms with van der Waals surface area (Å²) in [6, 6.07) is 39.8. The van der Waals surface area contributed by atoms with Crippen molar-refractivity contribution in [1.29, 1.82) is 0 Å². The van der Waals surface area contributed by atoms with E-state index in [1.165, 1.54) is 6.92 Å². The van der Waals surface area contributed by atoms with Gasteiger partial charge in [-0.2, -0.15) is 0 Å². The lowest BCUT2D eigenvalue weighted by atomic mass is 9.99. The topological polar surface area (TPSA) is 114 Å². The minimum Gasteiger partial charge on any atom is -0.392 e. The van der Waals surface area contributed by atoms with E-state index in [9.17, 15) is 18.3 Å². The maximum atomic E-state index is 12.7. The molecule has 1 aliphatic rings. The highest BCUT2D eigenvalue weighted by atomic mass is 32.2. The number of carbonyl (C=O) groups excluding carboxylic acids is 1. The molecule has 1 fully saturated rings. The van der Waals surface area contributed by atoms with E-state index < -0.39 is 16.3 Å². The molecule has 0 spiro atoms. The minimum atomic E-state index is -3.62. The maximum Gasteiger partial charge on any atom is 0.240 e. The molecule has 0 saturated carbocycles. The van der Waals surface area contributed by atoms with Crippen molar-refractivity contribution in [3.8, 4) is 11.1 Å². The Morgan fingerprint density at radius 1 is 0.796 bits per heavy atom. The summed E-state index contributed by atoms with van der Waals surface area (Å²) < 4.78 is 41.2. The number of hydrogen-bond donors (Lipinski definition) is 3. The van der Waals surface area contributed by atoms with Crippen molar-refractivity contribution in [3.05, 3.63) is 150 Å². The van der Waals surface area contributed by atoms with Crippen LogP contribution in [0.3, 0.4) is 0 Å². The average Bonchev–Trinajstić information content (AvgIpc) is 3.14. The quantitative estimate of drug-likeness (QED) is 0.115. The van der Waals surface area contributed by atoms with E-state index in [1.54, 1.807) is 42.1 Å². The van der Waals surface area contributed by atoms with Crippen molar-refractivity contribution in [2.75, 3.05) is 11.1 Å². The van der Waals surface area contributed by atoms with Crippen LogP contribution in [0.15, 0.2) is 137 Å². The number of rotatable bonds is 12. The van der Waals surface area contributed by atoms with Crippen molar-refractivity contribution < 1.29 is 27.8 Å². The predicted octanol–water partition coefficient (Wildman–Crippen LogP) is 7.62. The lowest BCUT2D eigenvalue weighted by Gasteiger charge is -2.36. The smallest absolute Gasteiger partial charge is 0.240 e. The van der Waals surface area contributed by atoms with Crippen LogP contribution >= 0.6 is 11.8 Å². The molecule has 1 heterocycles. The van der Waals surface area contributed by atoms with Crippen molar-refractivity contribution in [2.24, 2.45) is 0 Å². The van der Waals surface area contributed by atoms with Crippen molar-refractivity contribution in [3.63, 3.8) is 0 Å². The average molecular weight is 695 g/mol. The summed E-state index contributed by atoms with van der Waals surface area (Å²) in [5, 5.41) is 12.3. The van der Waals surface area contributed by atoms with Crippen LogP contribution in [0.2, 0.25) is 0 Å². The van der Waals surface area contributed by atoms with E-state index in [-0.39, 0.29) is 36.2 Å². The van der Waals surface area contributed by atoms with E-state index in [2.05, 4.69) is 10.0 Å². The number of ether oxygens (including phenoxy) is 2. The molecule has 5 aromatic rings. The molecular formula is C39H38N2O6S2. The Hall–Kier alpha value is -4.29. The molecule has 0 aliphatic carbocycles. The Bertz CT molecular complexity index is 1950. The zero-order valence-electron chi connectivity index (χ0n) is 27.0. The first-order chi connectivity index (χ1) is 23.8. The third-order valence-electron chi connectivity index (χ3n) is 8.19. The number of aliphatic hydroxyl groups is 1. The highest BCUT2D eigenvalue weighted by Crippen LogP contribution is 2.40.